The van der Waals surface area contributed by atoms with Crippen LogP contribution in [0.4, 0.5) is 0 Å². The van der Waals surface area contributed by atoms with Crippen LogP contribution in [0, 0.1) is 10.8 Å². The molecule has 0 aliphatic rings. The van der Waals surface area contributed by atoms with Crippen molar-refractivity contribution in [1.82, 2.24) is 0 Å². The fourth-order valence-corrected chi connectivity index (χ4v) is 0.635. The molecule has 0 atom stereocenters. The van der Waals surface area contributed by atoms with E-state index in [1.165, 1.54) is 0 Å². The summed E-state index contributed by atoms with van der Waals surface area (Å²) in [5.74, 6) is -2.46. The molecular weight excluding hydrogens is 364 g/mol. The van der Waals surface area contributed by atoms with E-state index in [4.69, 9.17) is 50.4 Å². The van der Waals surface area contributed by atoms with Crippen LogP contribution >= 0.6 is 0 Å². The minimum Gasteiger partial charge on any atom is -0.545 e. The summed E-state index contributed by atoms with van der Waals surface area (Å²) >= 11 is 0. The van der Waals surface area contributed by atoms with Crippen LogP contribution < -0.4 is 10.2 Å². The Morgan fingerprint density at radius 1 is 0.778 bits per heavy atom. The number of carbonyl (C=O) groups excluding carboxylic acids is 2. The molecule has 0 saturated heterocycles. The zero-order valence-electron chi connectivity index (χ0n) is 15.8. The molecule has 10 heteroatoms. The summed E-state index contributed by atoms with van der Waals surface area (Å²) in [6.07, 6.45) is 2.04. The lowest BCUT2D eigenvalue weighted by Gasteiger charge is -2.24. The molecule has 0 heterocycles. The Labute approximate surface area is 159 Å². The third-order valence-corrected chi connectivity index (χ3v) is 3.23. The predicted octanol–water partition coefficient (Wildman–Crippen LogP) is -3.83. The van der Waals surface area contributed by atoms with Crippen LogP contribution in [0.5, 0.6) is 0 Å². The highest BCUT2D eigenvalue weighted by Crippen LogP contribution is 2.18. The lowest BCUT2D eigenvalue weighted by molar-refractivity contribution is -0.298. The number of carbonyl (C=O) groups is 2. The number of aliphatic hydroxyl groups excluding tert-OH is 6. The van der Waals surface area contributed by atoms with Crippen molar-refractivity contribution in [3.63, 3.8) is 0 Å². The van der Waals surface area contributed by atoms with E-state index < -0.39 is 22.8 Å². The van der Waals surface area contributed by atoms with Gasteiger partial charge in [0.15, 0.2) is 0 Å². The smallest absolute Gasteiger partial charge is 0.0636 e. The highest BCUT2D eigenvalue weighted by molar-refractivity contribution is 5.76. The van der Waals surface area contributed by atoms with Gasteiger partial charge in [0.25, 0.3) is 0 Å². The second-order valence-electron chi connectivity index (χ2n) is 5.66. The molecule has 6 N–H and O–H groups in total. The number of hydrogen-bond donors (Lipinski definition) is 6. The standard InChI is InChI=1S/C6H14O3.C5H12O3.2C3H4O2/c1-2-6(3-7,4-8)5-9;1-5(2-6,3-7)4-8;2*1-2-3(4)5/h7-9H,2-5H2,1H3;6-8H,2-4H2,1H3;2*2H,1H2,(H,4,5)/p-2. The van der Waals surface area contributed by atoms with Crippen molar-refractivity contribution in [2.24, 2.45) is 10.8 Å². The summed E-state index contributed by atoms with van der Waals surface area (Å²) in [7, 11) is 0. The highest BCUT2D eigenvalue weighted by Gasteiger charge is 2.24. The molecule has 0 bridgehead atoms. The average Bonchev–Trinajstić information content (AvgIpc) is 2.70. The molecule has 10 nitrogen and oxygen atoms in total. The maximum Gasteiger partial charge on any atom is 0.0636 e. The first-order valence-electron chi connectivity index (χ1n) is 7.79. The lowest BCUT2D eigenvalue weighted by Crippen LogP contribution is -2.32. The van der Waals surface area contributed by atoms with E-state index in [0.29, 0.717) is 6.42 Å². The second kappa shape index (κ2) is 20.5. The summed E-state index contributed by atoms with van der Waals surface area (Å²) in [6, 6.07) is 0. The first-order valence-corrected chi connectivity index (χ1v) is 7.79. The maximum absolute atomic E-state index is 9.14. The van der Waals surface area contributed by atoms with Gasteiger partial charge in [-0.1, -0.05) is 27.0 Å². The van der Waals surface area contributed by atoms with Crippen LogP contribution in [0.3, 0.4) is 0 Å². The number of rotatable bonds is 9. The third kappa shape index (κ3) is 22.1. The first kappa shape index (κ1) is 32.8. The Hall–Kier alpha value is -1.82. The zero-order valence-corrected chi connectivity index (χ0v) is 15.8. The summed E-state index contributed by atoms with van der Waals surface area (Å²) in [5.41, 5.74) is -1.38. The van der Waals surface area contributed by atoms with Gasteiger partial charge < -0.3 is 50.4 Å². The fraction of sp³-hybridized carbons (Fsp3) is 0.647. The van der Waals surface area contributed by atoms with Crippen molar-refractivity contribution in [2.45, 2.75) is 20.3 Å². The van der Waals surface area contributed by atoms with Crippen LogP contribution in [-0.4, -0.2) is 82.2 Å². The molecule has 0 aromatic heterocycles. The molecular formula is C17H32O10-2. The van der Waals surface area contributed by atoms with Gasteiger partial charge in [0.1, 0.15) is 0 Å². The van der Waals surface area contributed by atoms with Gasteiger partial charge in [-0.15, -0.1) is 0 Å². The van der Waals surface area contributed by atoms with Gasteiger partial charge in [-0.25, -0.2) is 0 Å². The molecule has 0 amide bonds. The fourth-order valence-electron chi connectivity index (χ4n) is 0.635. The third-order valence-electron chi connectivity index (χ3n) is 3.23. The quantitative estimate of drug-likeness (QED) is 0.210. The van der Waals surface area contributed by atoms with Crippen molar-refractivity contribution in [1.29, 1.82) is 0 Å². The molecule has 0 rings (SSSR count). The molecule has 27 heavy (non-hydrogen) atoms. The number of carboxylic acids is 2. The number of carboxylic acid groups (broad SMARTS) is 2. The molecule has 0 aromatic rings. The zero-order chi connectivity index (χ0) is 22.5. The van der Waals surface area contributed by atoms with Crippen LogP contribution in [0.15, 0.2) is 25.3 Å². The van der Waals surface area contributed by atoms with Crippen LogP contribution in [0.1, 0.15) is 20.3 Å². The van der Waals surface area contributed by atoms with Crippen molar-refractivity contribution in [3.05, 3.63) is 25.3 Å². The largest absolute Gasteiger partial charge is 0.545 e. The van der Waals surface area contributed by atoms with E-state index >= 15 is 0 Å². The molecule has 0 aromatic carbocycles. The van der Waals surface area contributed by atoms with Crippen LogP contribution in [0.25, 0.3) is 0 Å². The topological polar surface area (TPSA) is 202 Å². The minimum absolute atomic E-state index is 0.156. The molecule has 0 aliphatic carbocycles. The van der Waals surface area contributed by atoms with E-state index in [-0.39, 0.29) is 39.6 Å². The van der Waals surface area contributed by atoms with Crippen molar-refractivity contribution < 1.29 is 50.4 Å². The van der Waals surface area contributed by atoms with E-state index in [1.807, 2.05) is 6.92 Å². The molecule has 0 unspecified atom stereocenters. The number of aliphatic carboxylic acids is 2. The second-order valence-corrected chi connectivity index (χ2v) is 5.66. The molecule has 0 spiro atoms. The maximum atomic E-state index is 9.14. The Morgan fingerprint density at radius 3 is 1.00 bits per heavy atom. The lowest BCUT2D eigenvalue weighted by atomic mass is 9.88. The van der Waals surface area contributed by atoms with Gasteiger partial charge in [0.05, 0.1) is 51.6 Å². The van der Waals surface area contributed by atoms with Crippen LogP contribution in [0.2, 0.25) is 0 Å². The van der Waals surface area contributed by atoms with Gasteiger partial charge in [0, 0.05) is 10.8 Å². The summed E-state index contributed by atoms with van der Waals surface area (Å²) < 4.78 is 0. The van der Waals surface area contributed by atoms with Crippen molar-refractivity contribution >= 4 is 11.9 Å². The molecule has 0 aliphatic heterocycles. The molecule has 0 saturated carbocycles. The van der Waals surface area contributed by atoms with Gasteiger partial charge >= 0.3 is 0 Å². The monoisotopic (exact) mass is 396 g/mol. The van der Waals surface area contributed by atoms with Gasteiger partial charge in [-0.3, -0.25) is 0 Å². The Balaban J connectivity index is -0.000000135. The van der Waals surface area contributed by atoms with Gasteiger partial charge in [0.2, 0.25) is 0 Å². The molecule has 0 fully saturated rings. The van der Waals surface area contributed by atoms with E-state index in [9.17, 15) is 0 Å². The predicted molar refractivity (Wildman–Crippen MR) is 93.8 cm³/mol. The molecule has 162 valence electrons. The van der Waals surface area contributed by atoms with E-state index in [2.05, 4.69) is 13.2 Å². The van der Waals surface area contributed by atoms with Crippen molar-refractivity contribution in [3.8, 4) is 0 Å². The highest BCUT2D eigenvalue weighted by atomic mass is 16.4. The van der Waals surface area contributed by atoms with E-state index in [1.54, 1.807) is 6.92 Å². The summed E-state index contributed by atoms with van der Waals surface area (Å²) in [4.78, 5) is 18.3. The number of hydrogen-bond acceptors (Lipinski definition) is 10. The SMILES string of the molecule is C=CC(=O)[O-].C=CC(=O)[O-].CC(CO)(CO)CO.CCC(CO)(CO)CO. The van der Waals surface area contributed by atoms with Crippen LogP contribution in [-0.2, 0) is 9.59 Å². The van der Waals surface area contributed by atoms with Gasteiger partial charge in [-0.05, 0) is 18.6 Å². The minimum atomic E-state index is -1.23. The molecule has 0 radical (unpaired) electrons. The normalized spacial score (nSPS) is 9.93. The van der Waals surface area contributed by atoms with Gasteiger partial charge in [-0.2, -0.15) is 0 Å². The van der Waals surface area contributed by atoms with Crippen molar-refractivity contribution in [2.75, 3.05) is 39.6 Å². The van der Waals surface area contributed by atoms with E-state index in [0.717, 1.165) is 12.2 Å². The first-order chi connectivity index (χ1) is 12.5. The number of aliphatic hydroxyl groups is 6. The summed E-state index contributed by atoms with van der Waals surface area (Å²) in [6.45, 7) is 8.21. The Bertz CT molecular complexity index is 343. The Morgan fingerprint density at radius 2 is 1.00 bits per heavy atom. The average molecular weight is 396 g/mol. The summed E-state index contributed by atoms with van der Waals surface area (Å²) in [5, 5.41) is 69.6. The Kier molecular flexibility index (Phi) is 24.9.